The van der Waals surface area contributed by atoms with E-state index in [1.165, 1.54) is 12.8 Å². The van der Waals surface area contributed by atoms with Crippen molar-refractivity contribution in [3.8, 4) is 0 Å². The molecular formula is C29H39N6O3+. The topological polar surface area (TPSA) is 89.4 Å². The van der Waals surface area contributed by atoms with Crippen LogP contribution in [0, 0.1) is 17.3 Å². The van der Waals surface area contributed by atoms with Crippen molar-refractivity contribution in [2.24, 2.45) is 24.3 Å². The van der Waals surface area contributed by atoms with E-state index in [9.17, 15) is 9.59 Å². The van der Waals surface area contributed by atoms with Gasteiger partial charge < -0.3 is 15.0 Å². The van der Waals surface area contributed by atoms with Gasteiger partial charge in [0.25, 0.3) is 5.91 Å². The summed E-state index contributed by atoms with van der Waals surface area (Å²) < 4.78 is 7.86. The van der Waals surface area contributed by atoms with Gasteiger partial charge in [-0.15, -0.1) is 0 Å². The van der Waals surface area contributed by atoms with Crippen molar-refractivity contribution in [1.82, 2.24) is 24.6 Å². The third-order valence-electron chi connectivity index (χ3n) is 10.8. The lowest BCUT2D eigenvalue weighted by molar-refractivity contribution is -0.140. The fourth-order valence-corrected chi connectivity index (χ4v) is 8.10. The Morgan fingerprint density at radius 3 is 2.63 bits per heavy atom. The number of rotatable bonds is 5. The van der Waals surface area contributed by atoms with E-state index in [-0.39, 0.29) is 39.3 Å². The van der Waals surface area contributed by atoms with Crippen molar-refractivity contribution in [1.29, 1.82) is 0 Å². The van der Waals surface area contributed by atoms with E-state index >= 15 is 0 Å². The Hall–Kier alpha value is -2.78. The number of anilines is 1. The zero-order valence-corrected chi connectivity index (χ0v) is 22.7. The number of nitrogens with zero attached hydrogens (tertiary/aromatic N) is 5. The van der Waals surface area contributed by atoms with Gasteiger partial charge in [0.15, 0.2) is 5.69 Å². The summed E-state index contributed by atoms with van der Waals surface area (Å²) in [4.78, 5) is 35.0. The second kappa shape index (κ2) is 8.36. The molecule has 5 atom stereocenters. The maximum Gasteiger partial charge on any atom is 0.341 e. The summed E-state index contributed by atoms with van der Waals surface area (Å²) in [6, 6.07) is 5.54. The minimum absolute atomic E-state index is 0.00559. The van der Waals surface area contributed by atoms with Gasteiger partial charge in [0.1, 0.15) is 23.6 Å². The molecule has 202 valence electrons. The molecule has 0 radical (unpaired) electrons. The number of likely N-dealkylation sites (N-methyl/N-ethyl adjacent to an activating group) is 1. The number of quaternary nitrogens is 1. The first-order valence-electron chi connectivity index (χ1n) is 14.3. The molecule has 9 heteroatoms. The van der Waals surface area contributed by atoms with Crippen LogP contribution in [0.2, 0.25) is 0 Å². The molecule has 0 bridgehead atoms. The summed E-state index contributed by atoms with van der Waals surface area (Å²) >= 11 is 0. The number of pyridine rings is 1. The van der Waals surface area contributed by atoms with Gasteiger partial charge in [-0.2, -0.15) is 5.10 Å². The van der Waals surface area contributed by atoms with Crippen molar-refractivity contribution in [3.05, 3.63) is 36.3 Å². The molecule has 1 spiro atoms. The minimum atomic E-state index is -0.533. The Labute approximate surface area is 224 Å². The zero-order chi connectivity index (χ0) is 26.3. The number of carbonyl (C=O) groups is 2. The number of ether oxygens (including phenoxy) is 1. The number of morpholine rings is 1. The Kier molecular flexibility index (Phi) is 5.34. The number of nitrogens with one attached hydrogen (secondary N) is 1. The highest BCUT2D eigenvalue weighted by Crippen LogP contribution is 2.65. The number of hydrogen-bond acceptors (Lipinski definition) is 6. The van der Waals surface area contributed by atoms with Gasteiger partial charge in [-0.25, -0.2) is 14.3 Å². The maximum atomic E-state index is 14.5. The van der Waals surface area contributed by atoms with Crippen LogP contribution in [0.4, 0.5) is 11.5 Å². The van der Waals surface area contributed by atoms with Crippen molar-refractivity contribution >= 4 is 23.3 Å². The van der Waals surface area contributed by atoms with Crippen LogP contribution in [0.1, 0.15) is 62.4 Å². The third kappa shape index (κ3) is 3.43. The molecule has 4 heterocycles. The van der Waals surface area contributed by atoms with Crippen molar-refractivity contribution in [3.63, 3.8) is 0 Å². The summed E-state index contributed by atoms with van der Waals surface area (Å²) in [5.74, 6) is 1.45. The smallest absolute Gasteiger partial charge is 0.341 e. The molecule has 2 amide bonds. The molecular weight excluding hydrogens is 480 g/mol. The van der Waals surface area contributed by atoms with Crippen LogP contribution in [0.3, 0.4) is 0 Å². The number of hydrogen-bond donors (Lipinski definition) is 1. The third-order valence-corrected chi connectivity index (χ3v) is 10.8. The molecule has 2 aliphatic heterocycles. The van der Waals surface area contributed by atoms with Gasteiger partial charge in [0, 0.05) is 50.2 Å². The summed E-state index contributed by atoms with van der Waals surface area (Å²) in [5.41, 5.74) is 1.40. The average molecular weight is 520 g/mol. The summed E-state index contributed by atoms with van der Waals surface area (Å²) in [5, 5.41) is 7.35. The van der Waals surface area contributed by atoms with Crippen LogP contribution in [0.15, 0.2) is 30.6 Å². The lowest BCUT2D eigenvalue weighted by Crippen LogP contribution is -2.69. The molecule has 38 heavy (non-hydrogen) atoms. The van der Waals surface area contributed by atoms with E-state index in [1.54, 1.807) is 24.0 Å². The van der Waals surface area contributed by atoms with Crippen molar-refractivity contribution in [2.45, 2.75) is 69.6 Å². The molecule has 4 unspecified atom stereocenters. The molecule has 2 aromatic heterocycles. The Morgan fingerprint density at radius 2 is 2.03 bits per heavy atom. The van der Waals surface area contributed by atoms with E-state index in [0.717, 1.165) is 63.3 Å². The Balaban J connectivity index is 1.19. The first kappa shape index (κ1) is 24.3. The lowest BCUT2D eigenvalue weighted by atomic mass is 9.64. The standard InChI is InChI=1S/C29H38N6O3/c1-28-16-22(28)35(3,20-8-9-23(30-17-20)34-14-15-38-29(18-34)11-5-12-29)27(37)25(24(28)19-6-4-7-19)32-26(36)21-10-13-31-33(21)2/h8-10,13,17,19,22,24-25H,4-7,11-12,14-16,18H2,1-3H3/p+1/t22?,24?,25-,28?,35?/m0/s1. The zero-order valence-electron chi connectivity index (χ0n) is 22.7. The highest BCUT2D eigenvalue weighted by atomic mass is 16.5. The van der Waals surface area contributed by atoms with Crippen LogP contribution in [0.25, 0.3) is 0 Å². The first-order chi connectivity index (χ1) is 18.3. The molecule has 1 N–H and O–H groups in total. The van der Waals surface area contributed by atoms with Crippen LogP contribution in [-0.2, 0) is 16.6 Å². The van der Waals surface area contributed by atoms with Crippen LogP contribution < -0.4 is 14.7 Å². The Bertz CT molecular complexity index is 1270. The molecule has 3 saturated carbocycles. The monoisotopic (exact) mass is 519 g/mol. The lowest BCUT2D eigenvalue weighted by Gasteiger charge is -2.49. The highest BCUT2D eigenvalue weighted by molar-refractivity contribution is 6.01. The SMILES string of the molecule is Cn1nccc1C(=O)N[C@@H]1C(=O)[N+](C)(c2ccc(N3CCOC4(CCC4)C3)nc2)C2CC2(C)C1C1CCC1. The molecule has 3 aliphatic carbocycles. The quantitative estimate of drug-likeness (QED) is 0.611. The summed E-state index contributed by atoms with van der Waals surface area (Å²) in [7, 11) is 3.79. The maximum absolute atomic E-state index is 14.5. The van der Waals surface area contributed by atoms with E-state index < -0.39 is 6.04 Å². The minimum Gasteiger partial charge on any atom is -0.371 e. The molecule has 9 nitrogen and oxygen atoms in total. The number of likely N-dealkylation sites (tertiary alicyclic amines) is 1. The van der Waals surface area contributed by atoms with Crippen molar-refractivity contribution in [2.75, 3.05) is 31.6 Å². The van der Waals surface area contributed by atoms with Gasteiger partial charge in [0.2, 0.25) is 0 Å². The summed E-state index contributed by atoms with van der Waals surface area (Å²) in [6.45, 7) is 4.79. The fraction of sp³-hybridized carbons (Fsp3) is 0.655. The van der Waals surface area contributed by atoms with Gasteiger partial charge in [-0.05, 0) is 37.3 Å². The molecule has 2 aromatic rings. The first-order valence-corrected chi connectivity index (χ1v) is 14.3. The second-order valence-corrected chi connectivity index (χ2v) is 12.8. The number of amides is 2. The van der Waals surface area contributed by atoms with E-state index in [2.05, 4.69) is 34.4 Å². The Morgan fingerprint density at radius 1 is 1.21 bits per heavy atom. The molecule has 5 aliphatic rings. The van der Waals surface area contributed by atoms with Crippen LogP contribution in [0.5, 0.6) is 0 Å². The van der Waals surface area contributed by atoms with E-state index in [4.69, 9.17) is 9.72 Å². The van der Waals surface area contributed by atoms with Crippen molar-refractivity contribution < 1.29 is 14.3 Å². The van der Waals surface area contributed by atoms with Gasteiger partial charge in [-0.1, -0.05) is 26.2 Å². The van der Waals surface area contributed by atoms with Gasteiger partial charge >= 0.3 is 5.91 Å². The van der Waals surface area contributed by atoms with Gasteiger partial charge in [-0.3, -0.25) is 9.48 Å². The van der Waals surface area contributed by atoms with E-state index in [0.29, 0.717) is 11.6 Å². The number of carbonyl (C=O) groups excluding carboxylic acids is 2. The van der Waals surface area contributed by atoms with Crippen LogP contribution in [-0.4, -0.2) is 71.0 Å². The number of aryl methyl sites for hydroxylation is 1. The predicted octanol–water partition coefficient (Wildman–Crippen LogP) is 3.05. The average Bonchev–Trinajstić information content (AvgIpc) is 3.40. The number of piperidine rings is 1. The molecule has 7 rings (SSSR count). The molecule has 2 saturated heterocycles. The number of aromatic nitrogens is 3. The van der Waals surface area contributed by atoms with Crippen LogP contribution >= 0.6 is 0 Å². The normalized spacial score (nSPS) is 35.8. The van der Waals surface area contributed by atoms with E-state index in [1.807, 2.05) is 13.2 Å². The highest BCUT2D eigenvalue weighted by Gasteiger charge is 2.75. The fourth-order valence-electron chi connectivity index (χ4n) is 8.10. The number of fused-ring (bicyclic) bond motifs is 1. The second-order valence-electron chi connectivity index (χ2n) is 12.8. The largest absolute Gasteiger partial charge is 0.371 e. The summed E-state index contributed by atoms with van der Waals surface area (Å²) in [6.07, 6.45) is 11.5. The predicted molar refractivity (Wildman–Crippen MR) is 144 cm³/mol. The molecule has 0 aromatic carbocycles. The molecule has 5 fully saturated rings. The van der Waals surface area contributed by atoms with Gasteiger partial charge in [0.05, 0.1) is 25.5 Å².